The first-order valence-corrected chi connectivity index (χ1v) is 9.03. The minimum absolute atomic E-state index is 0.0110. The predicted octanol–water partition coefficient (Wildman–Crippen LogP) is 3.46. The van der Waals surface area contributed by atoms with E-state index in [4.69, 9.17) is 0 Å². The number of carbonyl (C=O) groups excluding carboxylic acids is 1. The molecule has 7 heteroatoms. The fourth-order valence-electron chi connectivity index (χ4n) is 3.28. The third-order valence-corrected chi connectivity index (χ3v) is 4.72. The van der Waals surface area contributed by atoms with Crippen LogP contribution in [0.4, 0.5) is 4.39 Å². The van der Waals surface area contributed by atoms with Crippen LogP contribution in [0.5, 0.6) is 0 Å². The molecular formula is C20H20FN5O. The summed E-state index contributed by atoms with van der Waals surface area (Å²) in [4.78, 5) is 21.0. The largest absolute Gasteiger partial charge is 0.346 e. The first-order chi connectivity index (χ1) is 13.1. The number of hydrogen-bond donors (Lipinski definition) is 1. The zero-order valence-electron chi connectivity index (χ0n) is 15.0. The number of benzene rings is 1. The number of halogens is 1. The molecule has 0 bridgehead atoms. The van der Waals surface area contributed by atoms with Crippen molar-refractivity contribution in [3.63, 3.8) is 0 Å². The average molecular weight is 365 g/mol. The molecule has 1 aromatic carbocycles. The molecule has 0 radical (unpaired) electrons. The molecule has 0 saturated carbocycles. The summed E-state index contributed by atoms with van der Waals surface area (Å²) in [5.74, 6) is 0.468. The zero-order chi connectivity index (χ0) is 18.8. The van der Waals surface area contributed by atoms with Gasteiger partial charge in [-0.3, -0.25) is 4.79 Å². The van der Waals surface area contributed by atoms with E-state index in [1.165, 1.54) is 16.9 Å². The number of rotatable bonds is 5. The van der Waals surface area contributed by atoms with E-state index < -0.39 is 0 Å². The van der Waals surface area contributed by atoms with Gasteiger partial charge in [0.15, 0.2) is 11.5 Å². The van der Waals surface area contributed by atoms with E-state index in [-0.39, 0.29) is 17.8 Å². The van der Waals surface area contributed by atoms with Gasteiger partial charge in [-0.1, -0.05) is 24.3 Å². The maximum absolute atomic E-state index is 14.0. The van der Waals surface area contributed by atoms with Gasteiger partial charge in [-0.2, -0.15) is 0 Å². The van der Waals surface area contributed by atoms with E-state index in [0.717, 1.165) is 12.8 Å². The fraction of sp³-hybridized carbons (Fsp3) is 0.300. The van der Waals surface area contributed by atoms with Crippen LogP contribution in [0.2, 0.25) is 0 Å². The van der Waals surface area contributed by atoms with Crippen molar-refractivity contribution in [2.24, 2.45) is 5.92 Å². The lowest BCUT2D eigenvalue weighted by Gasteiger charge is -2.12. The molecular weight excluding hydrogens is 345 g/mol. The standard InChI is InChI=1S/C20H20FN5O/c1-13(23-19(27)10-14-6-2-3-7-14)20-24-18-11-17(22-12-26(18)25-20)15-8-4-5-9-16(15)21/h2,4-6,8-9,11-14H,3,7,10H2,1H3,(H,23,27)/t13-,14-/m0/s1. The predicted molar refractivity (Wildman–Crippen MR) is 99.2 cm³/mol. The zero-order valence-corrected chi connectivity index (χ0v) is 15.0. The highest BCUT2D eigenvalue weighted by molar-refractivity contribution is 5.76. The van der Waals surface area contributed by atoms with Gasteiger partial charge in [0.05, 0.1) is 11.7 Å². The molecule has 0 saturated heterocycles. The molecule has 1 N–H and O–H groups in total. The lowest BCUT2D eigenvalue weighted by Crippen LogP contribution is -2.28. The fourth-order valence-corrected chi connectivity index (χ4v) is 3.28. The number of carbonyl (C=O) groups is 1. The molecule has 1 aliphatic carbocycles. The molecule has 0 spiro atoms. The Balaban J connectivity index is 1.51. The van der Waals surface area contributed by atoms with Gasteiger partial charge >= 0.3 is 0 Å². The second-order valence-electron chi connectivity index (χ2n) is 6.79. The second kappa shape index (κ2) is 7.26. The first kappa shape index (κ1) is 17.3. The Hall–Kier alpha value is -3.09. The van der Waals surface area contributed by atoms with E-state index >= 15 is 0 Å². The van der Waals surface area contributed by atoms with Crippen molar-refractivity contribution in [3.05, 3.63) is 60.5 Å². The minimum atomic E-state index is -0.337. The molecule has 3 aromatic rings. The van der Waals surface area contributed by atoms with Crippen LogP contribution in [0.1, 0.15) is 38.1 Å². The smallest absolute Gasteiger partial charge is 0.221 e. The number of allylic oxidation sites excluding steroid dienone is 2. The van der Waals surface area contributed by atoms with Gasteiger partial charge in [-0.05, 0) is 37.8 Å². The highest BCUT2D eigenvalue weighted by atomic mass is 19.1. The maximum Gasteiger partial charge on any atom is 0.221 e. The van der Waals surface area contributed by atoms with Crippen molar-refractivity contribution >= 4 is 11.6 Å². The topological polar surface area (TPSA) is 72.2 Å². The molecule has 1 aliphatic rings. The van der Waals surface area contributed by atoms with Gasteiger partial charge in [0.25, 0.3) is 0 Å². The molecule has 4 rings (SSSR count). The quantitative estimate of drug-likeness (QED) is 0.703. The van der Waals surface area contributed by atoms with Gasteiger partial charge < -0.3 is 5.32 Å². The Morgan fingerprint density at radius 1 is 1.41 bits per heavy atom. The number of nitrogens with one attached hydrogen (secondary N) is 1. The molecule has 1 amide bonds. The summed E-state index contributed by atoms with van der Waals surface area (Å²) < 4.78 is 15.5. The van der Waals surface area contributed by atoms with Crippen molar-refractivity contribution in [1.82, 2.24) is 24.9 Å². The molecule has 138 valence electrons. The molecule has 6 nitrogen and oxygen atoms in total. The number of nitrogens with zero attached hydrogens (tertiary/aromatic N) is 4. The summed E-state index contributed by atoms with van der Waals surface area (Å²) in [5.41, 5.74) is 1.46. The van der Waals surface area contributed by atoms with E-state index in [1.54, 1.807) is 24.3 Å². The summed E-state index contributed by atoms with van der Waals surface area (Å²) >= 11 is 0. The van der Waals surface area contributed by atoms with Crippen LogP contribution in [0.3, 0.4) is 0 Å². The van der Waals surface area contributed by atoms with E-state index in [9.17, 15) is 9.18 Å². The van der Waals surface area contributed by atoms with Gasteiger partial charge in [-0.15, -0.1) is 5.10 Å². The summed E-state index contributed by atoms with van der Waals surface area (Å²) in [6.07, 6.45) is 8.27. The summed E-state index contributed by atoms with van der Waals surface area (Å²) in [5, 5.41) is 7.32. The van der Waals surface area contributed by atoms with Crippen molar-refractivity contribution < 1.29 is 9.18 Å². The molecule has 27 heavy (non-hydrogen) atoms. The van der Waals surface area contributed by atoms with Crippen LogP contribution in [0.25, 0.3) is 16.9 Å². The van der Waals surface area contributed by atoms with Crippen molar-refractivity contribution in [3.8, 4) is 11.3 Å². The molecule has 0 unspecified atom stereocenters. The van der Waals surface area contributed by atoms with E-state index in [1.807, 2.05) is 6.92 Å². The van der Waals surface area contributed by atoms with Crippen LogP contribution in [-0.4, -0.2) is 25.5 Å². The molecule has 0 aliphatic heterocycles. The lowest BCUT2D eigenvalue weighted by molar-refractivity contribution is -0.122. The van der Waals surface area contributed by atoms with Gasteiger partial charge in [0, 0.05) is 18.1 Å². The van der Waals surface area contributed by atoms with Crippen molar-refractivity contribution in [1.29, 1.82) is 0 Å². The Morgan fingerprint density at radius 2 is 2.26 bits per heavy atom. The lowest BCUT2D eigenvalue weighted by atomic mass is 10.0. The van der Waals surface area contributed by atoms with Crippen LogP contribution in [0.15, 0.2) is 48.8 Å². The van der Waals surface area contributed by atoms with E-state index in [2.05, 4.69) is 32.5 Å². The van der Waals surface area contributed by atoms with Crippen molar-refractivity contribution in [2.75, 3.05) is 0 Å². The monoisotopic (exact) mass is 365 g/mol. The molecule has 0 fully saturated rings. The average Bonchev–Trinajstić information content (AvgIpc) is 3.30. The van der Waals surface area contributed by atoms with Crippen LogP contribution in [-0.2, 0) is 4.79 Å². The minimum Gasteiger partial charge on any atom is -0.346 e. The van der Waals surface area contributed by atoms with Gasteiger partial charge in [-0.25, -0.2) is 18.9 Å². The third kappa shape index (κ3) is 3.72. The maximum atomic E-state index is 14.0. The van der Waals surface area contributed by atoms with Crippen LogP contribution < -0.4 is 5.32 Å². The van der Waals surface area contributed by atoms with Crippen LogP contribution >= 0.6 is 0 Å². The Bertz CT molecular complexity index is 1010. The van der Waals surface area contributed by atoms with Gasteiger partial charge in [0.2, 0.25) is 5.91 Å². The van der Waals surface area contributed by atoms with Gasteiger partial charge in [0.1, 0.15) is 12.1 Å². The highest BCUT2D eigenvalue weighted by Crippen LogP contribution is 2.22. The number of amides is 1. The van der Waals surface area contributed by atoms with E-state index in [0.29, 0.717) is 35.1 Å². The normalized spacial score (nSPS) is 17.3. The summed E-state index contributed by atoms with van der Waals surface area (Å²) in [6, 6.07) is 7.83. The summed E-state index contributed by atoms with van der Waals surface area (Å²) in [6.45, 7) is 1.85. The second-order valence-corrected chi connectivity index (χ2v) is 6.79. The summed E-state index contributed by atoms with van der Waals surface area (Å²) in [7, 11) is 0. The van der Waals surface area contributed by atoms with Crippen LogP contribution in [0, 0.1) is 11.7 Å². The Kier molecular flexibility index (Phi) is 4.66. The first-order valence-electron chi connectivity index (χ1n) is 9.03. The highest BCUT2D eigenvalue weighted by Gasteiger charge is 2.19. The molecule has 2 aromatic heterocycles. The molecule has 2 heterocycles. The number of aromatic nitrogens is 4. The molecule has 2 atom stereocenters. The SMILES string of the molecule is C[C@H](NC(=O)C[C@H]1C=CCC1)c1nc2cc(-c3ccccc3F)ncn2n1. The van der Waals surface area contributed by atoms with Crippen molar-refractivity contribution in [2.45, 2.75) is 32.2 Å². The third-order valence-electron chi connectivity index (χ3n) is 4.72. The Morgan fingerprint density at radius 3 is 3.04 bits per heavy atom. The number of fused-ring (bicyclic) bond motifs is 1. The number of hydrogen-bond acceptors (Lipinski definition) is 4. The Labute approximate surface area is 156 Å².